The highest BCUT2D eigenvalue weighted by Crippen LogP contribution is 2.37. The van der Waals surface area contributed by atoms with Crippen molar-refractivity contribution in [2.24, 2.45) is 5.73 Å². The number of aromatic nitrogens is 2. The minimum absolute atomic E-state index is 0.338. The van der Waals surface area contributed by atoms with E-state index in [1.165, 1.54) is 19.3 Å². The Morgan fingerprint density at radius 1 is 1.53 bits per heavy atom. The average Bonchev–Trinajstić information content (AvgIpc) is 2.57. The zero-order valence-corrected chi connectivity index (χ0v) is 9.61. The average molecular weight is 208 g/mol. The highest BCUT2D eigenvalue weighted by molar-refractivity contribution is 5.03. The first-order chi connectivity index (χ1) is 7.18. The van der Waals surface area contributed by atoms with Crippen molar-refractivity contribution in [2.45, 2.75) is 37.9 Å². The van der Waals surface area contributed by atoms with Crippen molar-refractivity contribution in [1.82, 2.24) is 14.5 Å². The van der Waals surface area contributed by atoms with E-state index in [0.29, 0.717) is 12.1 Å². The van der Waals surface area contributed by atoms with Gasteiger partial charge in [0.2, 0.25) is 0 Å². The van der Waals surface area contributed by atoms with Gasteiger partial charge in [0.1, 0.15) is 0 Å². The predicted molar refractivity (Wildman–Crippen MR) is 60.4 cm³/mol. The lowest BCUT2D eigenvalue weighted by atomic mass is 9.75. The van der Waals surface area contributed by atoms with Gasteiger partial charge < -0.3 is 15.2 Å². The number of imidazole rings is 1. The molecule has 1 aromatic heterocycles. The predicted octanol–water partition coefficient (Wildman–Crippen LogP) is 0.826. The molecule has 0 amide bonds. The molecule has 0 atom stereocenters. The van der Waals surface area contributed by atoms with Crippen LogP contribution in [0.15, 0.2) is 12.5 Å². The van der Waals surface area contributed by atoms with Crippen molar-refractivity contribution in [2.75, 3.05) is 14.1 Å². The third kappa shape index (κ3) is 1.79. The van der Waals surface area contributed by atoms with E-state index in [2.05, 4.69) is 28.5 Å². The molecule has 4 nitrogen and oxygen atoms in total. The lowest BCUT2D eigenvalue weighted by molar-refractivity contribution is 0.0417. The van der Waals surface area contributed by atoms with E-state index in [-0.39, 0.29) is 0 Å². The summed E-state index contributed by atoms with van der Waals surface area (Å²) in [4.78, 5) is 6.50. The first-order valence-corrected chi connectivity index (χ1v) is 5.54. The van der Waals surface area contributed by atoms with Gasteiger partial charge in [0, 0.05) is 24.8 Å². The molecule has 0 aromatic carbocycles. The van der Waals surface area contributed by atoms with E-state index >= 15 is 0 Å². The molecule has 0 spiro atoms. The smallest absolute Gasteiger partial charge is 0.0949 e. The molecule has 1 fully saturated rings. The van der Waals surface area contributed by atoms with Crippen LogP contribution in [-0.4, -0.2) is 34.1 Å². The summed E-state index contributed by atoms with van der Waals surface area (Å²) in [5.74, 6) is 0. The monoisotopic (exact) mass is 208 g/mol. The summed E-state index contributed by atoms with van der Waals surface area (Å²) in [5, 5.41) is 0. The maximum atomic E-state index is 5.68. The van der Waals surface area contributed by atoms with E-state index in [9.17, 15) is 0 Å². The number of rotatable bonds is 4. The SMILES string of the molecule is CN(C)C1(Cn2cncc2CN)CCC1. The molecule has 0 saturated heterocycles. The number of likely N-dealkylation sites (N-methyl/N-ethyl adjacent to an activating group) is 1. The summed E-state index contributed by atoms with van der Waals surface area (Å²) in [6.45, 7) is 1.59. The first-order valence-electron chi connectivity index (χ1n) is 5.54. The van der Waals surface area contributed by atoms with E-state index < -0.39 is 0 Å². The van der Waals surface area contributed by atoms with Crippen LogP contribution in [-0.2, 0) is 13.1 Å². The number of hydrogen-bond donors (Lipinski definition) is 1. The Morgan fingerprint density at radius 3 is 2.73 bits per heavy atom. The van der Waals surface area contributed by atoms with Crippen LogP contribution in [0, 0.1) is 0 Å². The maximum absolute atomic E-state index is 5.68. The van der Waals surface area contributed by atoms with Crippen LogP contribution in [0.3, 0.4) is 0 Å². The second-order valence-corrected chi connectivity index (χ2v) is 4.69. The molecule has 1 aliphatic carbocycles. The van der Waals surface area contributed by atoms with Gasteiger partial charge in [-0.15, -0.1) is 0 Å². The molecule has 1 aliphatic rings. The lowest BCUT2D eigenvalue weighted by Gasteiger charge is -2.47. The quantitative estimate of drug-likeness (QED) is 0.797. The summed E-state index contributed by atoms with van der Waals surface area (Å²) in [6.07, 6.45) is 7.66. The van der Waals surface area contributed by atoms with Crippen LogP contribution in [0.25, 0.3) is 0 Å². The van der Waals surface area contributed by atoms with E-state index in [1.54, 1.807) is 0 Å². The minimum Gasteiger partial charge on any atom is -0.332 e. The van der Waals surface area contributed by atoms with Gasteiger partial charge in [0.05, 0.1) is 12.0 Å². The Kier molecular flexibility index (Phi) is 2.80. The standard InChI is InChI=1S/C11H20N4/c1-14(2)11(4-3-5-11)8-15-9-13-7-10(15)6-12/h7,9H,3-6,8,12H2,1-2H3. The number of hydrogen-bond acceptors (Lipinski definition) is 3. The van der Waals surface area contributed by atoms with Gasteiger partial charge >= 0.3 is 0 Å². The highest BCUT2D eigenvalue weighted by Gasteiger charge is 2.39. The largest absolute Gasteiger partial charge is 0.332 e. The number of nitrogens with zero attached hydrogens (tertiary/aromatic N) is 3. The van der Waals surface area contributed by atoms with Gasteiger partial charge in [0.15, 0.2) is 0 Å². The fourth-order valence-electron chi connectivity index (χ4n) is 2.31. The van der Waals surface area contributed by atoms with Crippen molar-refractivity contribution in [3.8, 4) is 0 Å². The highest BCUT2D eigenvalue weighted by atomic mass is 15.2. The zero-order chi connectivity index (χ0) is 10.9. The molecular weight excluding hydrogens is 188 g/mol. The topological polar surface area (TPSA) is 47.1 Å². The summed E-state index contributed by atoms with van der Waals surface area (Å²) >= 11 is 0. The molecular formula is C11H20N4. The molecule has 15 heavy (non-hydrogen) atoms. The third-order valence-electron chi connectivity index (χ3n) is 3.71. The van der Waals surface area contributed by atoms with Gasteiger partial charge in [-0.05, 0) is 33.4 Å². The molecule has 0 bridgehead atoms. The van der Waals surface area contributed by atoms with E-state index in [1.807, 2.05) is 12.5 Å². The molecule has 84 valence electrons. The number of nitrogens with two attached hydrogens (primary N) is 1. The van der Waals surface area contributed by atoms with Crippen LogP contribution in [0.5, 0.6) is 0 Å². The summed E-state index contributed by atoms with van der Waals surface area (Å²) in [7, 11) is 4.33. The van der Waals surface area contributed by atoms with Crippen molar-refractivity contribution >= 4 is 0 Å². The van der Waals surface area contributed by atoms with Gasteiger partial charge in [-0.1, -0.05) is 0 Å². The molecule has 2 N–H and O–H groups in total. The Morgan fingerprint density at radius 2 is 2.27 bits per heavy atom. The van der Waals surface area contributed by atoms with Crippen molar-refractivity contribution in [3.63, 3.8) is 0 Å². The molecule has 0 unspecified atom stereocenters. The molecule has 1 aromatic rings. The Bertz CT molecular complexity index is 325. The first kappa shape index (κ1) is 10.6. The Labute approximate surface area is 91.1 Å². The van der Waals surface area contributed by atoms with Crippen LogP contribution >= 0.6 is 0 Å². The van der Waals surface area contributed by atoms with E-state index in [4.69, 9.17) is 5.73 Å². The molecule has 0 aliphatic heterocycles. The normalized spacial score (nSPS) is 19.2. The van der Waals surface area contributed by atoms with Crippen LogP contribution in [0.1, 0.15) is 25.0 Å². The van der Waals surface area contributed by atoms with Gasteiger partial charge in [-0.25, -0.2) is 4.98 Å². The Balaban J connectivity index is 2.13. The van der Waals surface area contributed by atoms with E-state index in [0.717, 1.165) is 12.2 Å². The Hall–Kier alpha value is -0.870. The molecule has 2 rings (SSSR count). The molecule has 4 heteroatoms. The fourth-order valence-corrected chi connectivity index (χ4v) is 2.31. The van der Waals surface area contributed by atoms with Crippen molar-refractivity contribution < 1.29 is 0 Å². The lowest BCUT2D eigenvalue weighted by Crippen LogP contribution is -2.53. The summed E-state index contributed by atoms with van der Waals surface area (Å²) in [6, 6.07) is 0. The second kappa shape index (κ2) is 3.94. The molecule has 1 saturated carbocycles. The molecule has 0 radical (unpaired) electrons. The minimum atomic E-state index is 0.338. The van der Waals surface area contributed by atoms with Crippen molar-refractivity contribution in [1.29, 1.82) is 0 Å². The maximum Gasteiger partial charge on any atom is 0.0949 e. The third-order valence-corrected chi connectivity index (χ3v) is 3.71. The van der Waals surface area contributed by atoms with Gasteiger partial charge in [-0.2, -0.15) is 0 Å². The van der Waals surface area contributed by atoms with Crippen molar-refractivity contribution in [3.05, 3.63) is 18.2 Å². The molecule has 1 heterocycles. The fraction of sp³-hybridized carbons (Fsp3) is 0.727. The summed E-state index contributed by atoms with van der Waals surface area (Å²) in [5.41, 5.74) is 7.14. The zero-order valence-electron chi connectivity index (χ0n) is 9.61. The van der Waals surface area contributed by atoms with Crippen LogP contribution in [0.2, 0.25) is 0 Å². The van der Waals surface area contributed by atoms with Gasteiger partial charge in [-0.3, -0.25) is 0 Å². The van der Waals surface area contributed by atoms with Crippen LogP contribution in [0.4, 0.5) is 0 Å². The summed E-state index contributed by atoms with van der Waals surface area (Å²) < 4.78 is 2.19. The van der Waals surface area contributed by atoms with Gasteiger partial charge in [0.25, 0.3) is 0 Å². The van der Waals surface area contributed by atoms with Crippen LogP contribution < -0.4 is 5.73 Å². The second-order valence-electron chi connectivity index (χ2n) is 4.69.